The van der Waals surface area contributed by atoms with Gasteiger partial charge in [-0.2, -0.15) is 0 Å². The van der Waals surface area contributed by atoms with E-state index in [4.69, 9.17) is 11.6 Å². The second-order valence-electron chi connectivity index (χ2n) is 5.13. The van der Waals surface area contributed by atoms with Gasteiger partial charge < -0.3 is 5.32 Å². The predicted octanol–water partition coefficient (Wildman–Crippen LogP) is 3.55. The first-order valence-electron chi connectivity index (χ1n) is 7.51. The summed E-state index contributed by atoms with van der Waals surface area (Å²) < 4.78 is 0. The van der Waals surface area contributed by atoms with Crippen LogP contribution in [-0.2, 0) is 4.79 Å². The molecule has 22 heavy (non-hydrogen) atoms. The van der Waals surface area contributed by atoms with E-state index in [1.54, 1.807) is 0 Å². The molecule has 116 valence electrons. The number of amides is 1. The Morgan fingerprint density at radius 2 is 1.82 bits per heavy atom. The van der Waals surface area contributed by atoms with Crippen molar-refractivity contribution in [2.75, 3.05) is 13.1 Å². The third kappa shape index (κ3) is 4.86. The van der Waals surface area contributed by atoms with Crippen LogP contribution in [0, 0.1) is 0 Å². The van der Waals surface area contributed by atoms with Gasteiger partial charge >= 0.3 is 0 Å². The molecule has 2 aromatic rings. The van der Waals surface area contributed by atoms with Crippen molar-refractivity contribution in [3.05, 3.63) is 70.7 Å². The summed E-state index contributed by atoms with van der Waals surface area (Å²) in [6, 6.07) is 17.7. The standard InChI is InChI=1S/C18H21ClN2O/c1-2-11-20-17(22)13-21-18(14-7-4-3-5-8-14)15-9-6-10-16(19)12-15/h3-10,12,18,21H,2,11,13H2,1H3,(H,20,22). The molecule has 2 N–H and O–H groups in total. The molecular weight excluding hydrogens is 296 g/mol. The smallest absolute Gasteiger partial charge is 0.233 e. The van der Waals surface area contributed by atoms with Gasteiger partial charge in [0, 0.05) is 11.6 Å². The van der Waals surface area contributed by atoms with Crippen LogP contribution in [0.3, 0.4) is 0 Å². The Labute approximate surface area is 136 Å². The molecule has 2 rings (SSSR count). The van der Waals surface area contributed by atoms with E-state index in [1.165, 1.54) is 0 Å². The first-order chi connectivity index (χ1) is 10.7. The first kappa shape index (κ1) is 16.5. The minimum atomic E-state index is -0.0627. The Bertz CT molecular complexity index is 601. The molecule has 1 amide bonds. The summed E-state index contributed by atoms with van der Waals surface area (Å²) in [6.45, 7) is 3.01. The Kier molecular flexibility index (Phi) is 6.44. The fourth-order valence-corrected chi connectivity index (χ4v) is 2.48. The van der Waals surface area contributed by atoms with Crippen molar-refractivity contribution in [3.8, 4) is 0 Å². The fraction of sp³-hybridized carbons (Fsp3) is 0.278. The molecule has 0 saturated carbocycles. The van der Waals surface area contributed by atoms with Crippen molar-refractivity contribution < 1.29 is 4.79 Å². The first-order valence-corrected chi connectivity index (χ1v) is 7.89. The van der Waals surface area contributed by atoms with Crippen molar-refractivity contribution >= 4 is 17.5 Å². The number of rotatable bonds is 7. The Hall–Kier alpha value is -1.84. The number of benzene rings is 2. The maximum Gasteiger partial charge on any atom is 0.233 e. The molecule has 0 aromatic heterocycles. The predicted molar refractivity (Wildman–Crippen MR) is 91.0 cm³/mol. The quantitative estimate of drug-likeness (QED) is 0.820. The summed E-state index contributed by atoms with van der Waals surface area (Å²) in [4.78, 5) is 11.8. The average molecular weight is 317 g/mol. The highest BCUT2D eigenvalue weighted by molar-refractivity contribution is 6.30. The molecule has 0 radical (unpaired) electrons. The third-order valence-corrected chi connectivity index (χ3v) is 3.59. The van der Waals surface area contributed by atoms with Gasteiger partial charge in [-0.15, -0.1) is 0 Å². The molecule has 3 nitrogen and oxygen atoms in total. The monoisotopic (exact) mass is 316 g/mol. The zero-order valence-electron chi connectivity index (χ0n) is 12.7. The molecule has 0 spiro atoms. The van der Waals surface area contributed by atoms with Crippen LogP contribution in [0.1, 0.15) is 30.5 Å². The normalized spacial score (nSPS) is 11.9. The Balaban J connectivity index is 2.14. The van der Waals surface area contributed by atoms with Gasteiger partial charge in [0.2, 0.25) is 5.91 Å². The zero-order chi connectivity index (χ0) is 15.8. The van der Waals surface area contributed by atoms with Gasteiger partial charge in [-0.05, 0) is 29.7 Å². The van der Waals surface area contributed by atoms with E-state index in [-0.39, 0.29) is 18.5 Å². The molecule has 1 unspecified atom stereocenters. The molecule has 0 saturated heterocycles. The summed E-state index contributed by atoms with van der Waals surface area (Å²) in [6.07, 6.45) is 0.933. The molecule has 0 fully saturated rings. The van der Waals surface area contributed by atoms with E-state index in [2.05, 4.69) is 10.6 Å². The Morgan fingerprint density at radius 3 is 2.50 bits per heavy atom. The van der Waals surface area contributed by atoms with Gasteiger partial charge in [0.1, 0.15) is 0 Å². The number of hydrogen-bond donors (Lipinski definition) is 2. The van der Waals surface area contributed by atoms with Gasteiger partial charge in [0.15, 0.2) is 0 Å². The van der Waals surface area contributed by atoms with E-state index >= 15 is 0 Å². The van der Waals surface area contributed by atoms with Crippen molar-refractivity contribution in [1.82, 2.24) is 10.6 Å². The molecule has 1 atom stereocenters. The van der Waals surface area contributed by atoms with Crippen LogP contribution >= 0.6 is 11.6 Å². The molecule has 0 aliphatic heterocycles. The van der Waals surface area contributed by atoms with E-state index in [9.17, 15) is 4.79 Å². The highest BCUT2D eigenvalue weighted by Gasteiger charge is 2.15. The van der Waals surface area contributed by atoms with Crippen LogP contribution in [0.2, 0.25) is 5.02 Å². The maximum absolute atomic E-state index is 11.8. The van der Waals surface area contributed by atoms with E-state index in [0.717, 1.165) is 17.5 Å². The van der Waals surface area contributed by atoms with Crippen molar-refractivity contribution in [3.63, 3.8) is 0 Å². The van der Waals surface area contributed by atoms with Gasteiger partial charge in [0.25, 0.3) is 0 Å². The molecule has 2 aromatic carbocycles. The van der Waals surface area contributed by atoms with Gasteiger partial charge in [-0.25, -0.2) is 0 Å². The highest BCUT2D eigenvalue weighted by Crippen LogP contribution is 2.24. The highest BCUT2D eigenvalue weighted by atomic mass is 35.5. The molecular formula is C18H21ClN2O. The lowest BCUT2D eigenvalue weighted by atomic mass is 9.99. The molecule has 0 aliphatic carbocycles. The van der Waals surface area contributed by atoms with Gasteiger partial charge in [-0.3, -0.25) is 10.1 Å². The van der Waals surface area contributed by atoms with Crippen LogP contribution in [0.5, 0.6) is 0 Å². The number of halogens is 1. The number of nitrogens with one attached hydrogen (secondary N) is 2. The third-order valence-electron chi connectivity index (χ3n) is 3.35. The SMILES string of the molecule is CCCNC(=O)CNC(c1ccccc1)c1cccc(Cl)c1. The summed E-state index contributed by atoms with van der Waals surface area (Å²) in [5, 5.41) is 6.88. The molecule has 0 heterocycles. The van der Waals surface area contributed by atoms with E-state index < -0.39 is 0 Å². The molecule has 0 bridgehead atoms. The number of carbonyl (C=O) groups is 1. The summed E-state index contributed by atoms with van der Waals surface area (Å²) in [5.41, 5.74) is 2.15. The minimum absolute atomic E-state index is 0.00445. The Morgan fingerprint density at radius 1 is 1.09 bits per heavy atom. The van der Waals surface area contributed by atoms with Crippen molar-refractivity contribution in [2.45, 2.75) is 19.4 Å². The maximum atomic E-state index is 11.8. The van der Waals surface area contributed by atoms with Crippen LogP contribution in [0.25, 0.3) is 0 Å². The average Bonchev–Trinajstić information content (AvgIpc) is 2.54. The lowest BCUT2D eigenvalue weighted by Gasteiger charge is -2.20. The summed E-state index contributed by atoms with van der Waals surface area (Å²) in [7, 11) is 0. The summed E-state index contributed by atoms with van der Waals surface area (Å²) >= 11 is 6.10. The van der Waals surface area contributed by atoms with Crippen molar-refractivity contribution in [1.29, 1.82) is 0 Å². The minimum Gasteiger partial charge on any atom is -0.355 e. The number of hydrogen-bond acceptors (Lipinski definition) is 2. The van der Waals surface area contributed by atoms with E-state index in [1.807, 2.05) is 61.5 Å². The van der Waals surface area contributed by atoms with Crippen molar-refractivity contribution in [2.24, 2.45) is 0 Å². The van der Waals surface area contributed by atoms with Crippen LogP contribution in [0.4, 0.5) is 0 Å². The van der Waals surface area contributed by atoms with E-state index in [0.29, 0.717) is 11.6 Å². The zero-order valence-corrected chi connectivity index (χ0v) is 13.4. The van der Waals surface area contributed by atoms with Crippen LogP contribution in [-0.4, -0.2) is 19.0 Å². The fourth-order valence-electron chi connectivity index (χ4n) is 2.28. The second-order valence-corrected chi connectivity index (χ2v) is 5.57. The lowest BCUT2D eigenvalue weighted by molar-refractivity contribution is -0.120. The molecule has 4 heteroatoms. The van der Waals surface area contributed by atoms with Gasteiger partial charge in [0.05, 0.1) is 12.6 Å². The largest absolute Gasteiger partial charge is 0.355 e. The number of carbonyl (C=O) groups excluding carboxylic acids is 1. The topological polar surface area (TPSA) is 41.1 Å². The van der Waals surface area contributed by atoms with Crippen LogP contribution in [0.15, 0.2) is 54.6 Å². The van der Waals surface area contributed by atoms with Gasteiger partial charge in [-0.1, -0.05) is 61.0 Å². The second kappa shape index (κ2) is 8.57. The summed E-state index contributed by atoms with van der Waals surface area (Å²) in [5.74, 6) is 0.00445. The van der Waals surface area contributed by atoms with Crippen LogP contribution < -0.4 is 10.6 Å². The lowest BCUT2D eigenvalue weighted by Crippen LogP contribution is -2.36. The molecule has 0 aliphatic rings.